The fourth-order valence-electron chi connectivity index (χ4n) is 3.69. The molecule has 3 N–H and O–H groups in total. The van der Waals surface area contributed by atoms with Crippen molar-refractivity contribution in [3.05, 3.63) is 36.0 Å². The SMILES string of the molecule is CN=C(NCCc1c[nH]c2ccccc12)N1CCC(CC(=O)NC)CC1.I. The van der Waals surface area contributed by atoms with Crippen LogP contribution in [0.25, 0.3) is 10.9 Å². The second kappa shape index (κ2) is 10.5. The predicted octanol–water partition coefficient (Wildman–Crippen LogP) is 2.75. The van der Waals surface area contributed by atoms with E-state index in [9.17, 15) is 4.79 Å². The Labute approximate surface area is 178 Å². The second-order valence-corrected chi connectivity index (χ2v) is 6.89. The number of benzene rings is 1. The maximum absolute atomic E-state index is 11.5. The number of carbonyl (C=O) groups is 1. The molecule has 0 saturated carbocycles. The number of hydrogen-bond donors (Lipinski definition) is 3. The first-order valence-electron chi connectivity index (χ1n) is 9.42. The van der Waals surface area contributed by atoms with Crippen molar-refractivity contribution >= 4 is 46.7 Å². The molecule has 1 fully saturated rings. The van der Waals surface area contributed by atoms with E-state index in [1.165, 1.54) is 16.5 Å². The van der Waals surface area contributed by atoms with Crippen LogP contribution in [0.5, 0.6) is 0 Å². The van der Waals surface area contributed by atoms with Gasteiger partial charge in [0.25, 0.3) is 0 Å². The zero-order valence-electron chi connectivity index (χ0n) is 16.1. The standard InChI is InChI=1S/C20H29N5O.HI/c1-21-19(26)13-15-8-11-25(12-9-15)20(22-2)23-10-7-16-14-24-18-6-4-3-5-17(16)18;/h3-6,14-15,24H,7-13H2,1-2H3,(H,21,26)(H,22,23);1H. The van der Waals surface area contributed by atoms with Crippen molar-refractivity contribution in [3.63, 3.8) is 0 Å². The van der Waals surface area contributed by atoms with Gasteiger partial charge in [-0.2, -0.15) is 0 Å². The number of aliphatic imine (C=N–C) groups is 1. The fourth-order valence-corrected chi connectivity index (χ4v) is 3.69. The molecule has 1 saturated heterocycles. The van der Waals surface area contributed by atoms with Crippen LogP contribution in [-0.2, 0) is 11.2 Å². The van der Waals surface area contributed by atoms with Gasteiger partial charge in [-0.25, -0.2) is 0 Å². The average Bonchev–Trinajstić information content (AvgIpc) is 3.09. The molecule has 1 aromatic carbocycles. The van der Waals surface area contributed by atoms with Crippen molar-refractivity contribution < 1.29 is 4.79 Å². The Morgan fingerprint density at radius 1 is 1.30 bits per heavy atom. The number of rotatable bonds is 5. The van der Waals surface area contributed by atoms with Crippen molar-refractivity contribution in [2.45, 2.75) is 25.7 Å². The van der Waals surface area contributed by atoms with E-state index in [2.05, 4.69) is 56.0 Å². The molecule has 1 aliphatic rings. The summed E-state index contributed by atoms with van der Waals surface area (Å²) in [7, 11) is 3.54. The van der Waals surface area contributed by atoms with Gasteiger partial charge in [0.1, 0.15) is 0 Å². The Bertz CT molecular complexity index is 765. The second-order valence-electron chi connectivity index (χ2n) is 6.89. The molecular weight excluding hydrogens is 453 g/mol. The van der Waals surface area contributed by atoms with Gasteiger partial charge >= 0.3 is 0 Å². The molecule has 0 radical (unpaired) electrons. The molecule has 1 aliphatic heterocycles. The molecule has 0 unspecified atom stereocenters. The fraction of sp³-hybridized carbons (Fsp3) is 0.500. The Morgan fingerprint density at radius 3 is 2.74 bits per heavy atom. The van der Waals surface area contributed by atoms with E-state index >= 15 is 0 Å². The number of amides is 1. The zero-order chi connectivity index (χ0) is 18.4. The summed E-state index contributed by atoms with van der Waals surface area (Å²) in [6.45, 7) is 2.76. The molecule has 1 amide bonds. The van der Waals surface area contributed by atoms with E-state index < -0.39 is 0 Å². The lowest BCUT2D eigenvalue weighted by Gasteiger charge is -2.34. The maximum Gasteiger partial charge on any atom is 0.220 e. The van der Waals surface area contributed by atoms with Crippen LogP contribution in [0.15, 0.2) is 35.5 Å². The van der Waals surface area contributed by atoms with Crippen LogP contribution in [0.2, 0.25) is 0 Å². The lowest BCUT2D eigenvalue weighted by Crippen LogP contribution is -2.46. The quantitative estimate of drug-likeness (QED) is 0.348. The van der Waals surface area contributed by atoms with Crippen LogP contribution in [0, 0.1) is 5.92 Å². The topological polar surface area (TPSA) is 72.5 Å². The number of likely N-dealkylation sites (tertiary alicyclic amines) is 1. The van der Waals surface area contributed by atoms with E-state index in [0.717, 1.165) is 44.9 Å². The van der Waals surface area contributed by atoms with Crippen molar-refractivity contribution in [1.29, 1.82) is 0 Å². The Balaban J connectivity index is 0.00000261. The number of aromatic amines is 1. The van der Waals surface area contributed by atoms with Gasteiger partial charge in [0, 0.05) is 57.3 Å². The van der Waals surface area contributed by atoms with E-state index in [-0.39, 0.29) is 29.9 Å². The minimum absolute atomic E-state index is 0. The molecule has 3 rings (SSSR count). The van der Waals surface area contributed by atoms with Crippen molar-refractivity contribution in [2.24, 2.45) is 10.9 Å². The third kappa shape index (κ3) is 5.60. The van der Waals surface area contributed by atoms with Gasteiger partial charge in [0.05, 0.1) is 0 Å². The molecule has 7 heteroatoms. The Hall–Kier alpha value is -1.77. The highest BCUT2D eigenvalue weighted by molar-refractivity contribution is 14.0. The maximum atomic E-state index is 11.5. The molecule has 6 nitrogen and oxygen atoms in total. The summed E-state index contributed by atoms with van der Waals surface area (Å²) in [5, 5.41) is 7.50. The highest BCUT2D eigenvalue weighted by Crippen LogP contribution is 2.21. The molecule has 0 bridgehead atoms. The van der Waals surface area contributed by atoms with Crippen LogP contribution in [-0.4, -0.2) is 55.5 Å². The van der Waals surface area contributed by atoms with E-state index in [4.69, 9.17) is 0 Å². The third-order valence-corrected chi connectivity index (χ3v) is 5.23. The Morgan fingerprint density at radius 2 is 2.04 bits per heavy atom. The lowest BCUT2D eigenvalue weighted by atomic mass is 9.93. The van der Waals surface area contributed by atoms with Crippen molar-refractivity contribution in [3.8, 4) is 0 Å². The number of carbonyl (C=O) groups excluding carboxylic acids is 1. The van der Waals surface area contributed by atoms with Gasteiger partial charge in [-0.1, -0.05) is 18.2 Å². The number of para-hydroxylation sites is 1. The summed E-state index contributed by atoms with van der Waals surface area (Å²) in [6, 6.07) is 8.40. The smallest absolute Gasteiger partial charge is 0.220 e. The molecule has 0 aliphatic carbocycles. The minimum Gasteiger partial charge on any atom is -0.361 e. The molecule has 2 aromatic rings. The average molecular weight is 483 g/mol. The number of H-pyrrole nitrogens is 1. The third-order valence-electron chi connectivity index (χ3n) is 5.23. The summed E-state index contributed by atoms with van der Waals surface area (Å²) in [6.07, 6.45) is 5.76. The minimum atomic E-state index is 0. The molecular formula is C20H30IN5O. The highest BCUT2D eigenvalue weighted by Gasteiger charge is 2.22. The van der Waals surface area contributed by atoms with Crippen LogP contribution in [0.1, 0.15) is 24.8 Å². The first-order chi connectivity index (χ1) is 12.7. The summed E-state index contributed by atoms with van der Waals surface area (Å²) >= 11 is 0. The van der Waals surface area contributed by atoms with Crippen molar-refractivity contribution in [1.82, 2.24) is 20.5 Å². The van der Waals surface area contributed by atoms with Crippen molar-refractivity contribution in [2.75, 3.05) is 33.7 Å². The summed E-state index contributed by atoms with van der Waals surface area (Å²) in [4.78, 5) is 21.6. The number of guanidine groups is 1. The first-order valence-corrected chi connectivity index (χ1v) is 9.42. The summed E-state index contributed by atoms with van der Waals surface area (Å²) in [5.74, 6) is 1.59. The van der Waals surface area contributed by atoms with Gasteiger partial charge in [0.15, 0.2) is 5.96 Å². The van der Waals surface area contributed by atoms with Crippen LogP contribution >= 0.6 is 24.0 Å². The molecule has 0 spiro atoms. The zero-order valence-corrected chi connectivity index (χ0v) is 18.5. The van der Waals surface area contributed by atoms with Gasteiger partial charge in [0.2, 0.25) is 5.91 Å². The molecule has 148 valence electrons. The number of halogens is 1. The van der Waals surface area contributed by atoms with Gasteiger partial charge in [-0.15, -0.1) is 24.0 Å². The number of piperidine rings is 1. The van der Waals surface area contributed by atoms with Crippen LogP contribution < -0.4 is 10.6 Å². The van der Waals surface area contributed by atoms with E-state index in [0.29, 0.717) is 12.3 Å². The number of fused-ring (bicyclic) bond motifs is 1. The predicted molar refractivity (Wildman–Crippen MR) is 122 cm³/mol. The number of aromatic nitrogens is 1. The summed E-state index contributed by atoms with van der Waals surface area (Å²) in [5.41, 5.74) is 2.51. The lowest BCUT2D eigenvalue weighted by molar-refractivity contribution is -0.121. The normalized spacial score (nSPS) is 15.5. The number of hydrogen-bond acceptors (Lipinski definition) is 2. The van der Waals surface area contributed by atoms with E-state index in [1.54, 1.807) is 7.05 Å². The molecule has 2 heterocycles. The van der Waals surface area contributed by atoms with Gasteiger partial charge in [-0.05, 0) is 36.8 Å². The Kier molecular flexibility index (Phi) is 8.40. The van der Waals surface area contributed by atoms with Crippen LogP contribution in [0.4, 0.5) is 0 Å². The molecule has 27 heavy (non-hydrogen) atoms. The van der Waals surface area contributed by atoms with Gasteiger partial charge < -0.3 is 20.5 Å². The largest absolute Gasteiger partial charge is 0.361 e. The monoisotopic (exact) mass is 483 g/mol. The molecule has 0 atom stereocenters. The highest BCUT2D eigenvalue weighted by atomic mass is 127. The van der Waals surface area contributed by atoms with Gasteiger partial charge in [-0.3, -0.25) is 9.79 Å². The first kappa shape index (κ1) is 21.5. The number of nitrogens with zero attached hydrogens (tertiary/aromatic N) is 2. The molecule has 1 aromatic heterocycles. The van der Waals surface area contributed by atoms with Crippen LogP contribution in [0.3, 0.4) is 0 Å². The van der Waals surface area contributed by atoms with E-state index in [1.807, 2.05) is 7.05 Å². The number of nitrogens with one attached hydrogen (secondary N) is 3. The summed E-state index contributed by atoms with van der Waals surface area (Å²) < 4.78 is 0.